The van der Waals surface area contributed by atoms with Gasteiger partial charge in [0.05, 0.1) is 12.2 Å². The number of carbonyl (C=O) groups excluding carboxylic acids is 1. The molecule has 12 heavy (non-hydrogen) atoms. The summed E-state index contributed by atoms with van der Waals surface area (Å²) in [6, 6.07) is -0.885. The van der Waals surface area contributed by atoms with Crippen LogP contribution in [0.1, 0.15) is 13.3 Å². The number of thiol groups is 1. The van der Waals surface area contributed by atoms with E-state index >= 15 is 0 Å². The molecule has 0 aliphatic carbocycles. The molecule has 0 aromatic rings. The Hall–Kier alpha value is -0.390. The Morgan fingerprint density at radius 1 is 1.58 bits per heavy atom. The Morgan fingerprint density at radius 3 is 2.42 bits per heavy atom. The largest absolute Gasteiger partial charge is 0.391 e. The summed E-state index contributed by atoms with van der Waals surface area (Å²) in [6.45, 7) is 1.30. The summed E-state index contributed by atoms with van der Waals surface area (Å²) in [5.74, 6) is -0.586. The van der Waals surface area contributed by atoms with Crippen LogP contribution in [-0.2, 0) is 4.79 Å². The van der Waals surface area contributed by atoms with Gasteiger partial charge in [0.15, 0.2) is 0 Å². The lowest BCUT2D eigenvalue weighted by molar-refractivity contribution is -0.140. The molecular weight excluding hydrogens is 191 g/mol. The molecule has 2 nitrogen and oxygen atoms in total. The number of halogens is 3. The van der Waals surface area contributed by atoms with Crippen LogP contribution in [0.25, 0.3) is 0 Å². The zero-order valence-corrected chi connectivity index (χ0v) is 7.38. The summed E-state index contributed by atoms with van der Waals surface area (Å²) in [5.41, 5.74) is 0. The number of hydrogen-bond acceptors (Lipinski definition) is 2. The summed E-state index contributed by atoms with van der Waals surface area (Å²) in [6.07, 6.45) is -5.24. The molecule has 0 aromatic heterocycles. The topological polar surface area (TPSA) is 29.1 Å². The molecular formula is C6H10F3NOS. The van der Waals surface area contributed by atoms with E-state index in [0.717, 1.165) is 0 Å². The second-order valence-corrected chi connectivity index (χ2v) is 2.76. The SMILES string of the molecule is CC(CC(F)(F)F)NC(=O)CS. The lowest BCUT2D eigenvalue weighted by Crippen LogP contribution is -2.36. The Labute approximate surface area is 73.9 Å². The molecule has 0 saturated carbocycles. The molecule has 0 heterocycles. The average molecular weight is 201 g/mol. The molecule has 0 spiro atoms. The van der Waals surface area contributed by atoms with Crippen LogP contribution >= 0.6 is 12.6 Å². The third-order valence-corrected chi connectivity index (χ3v) is 1.38. The van der Waals surface area contributed by atoms with Gasteiger partial charge in [-0.25, -0.2) is 0 Å². The number of amides is 1. The maximum atomic E-state index is 11.7. The van der Waals surface area contributed by atoms with Gasteiger partial charge in [0, 0.05) is 6.04 Å². The molecule has 0 rings (SSSR count). The molecule has 0 aliphatic rings. The van der Waals surface area contributed by atoms with Gasteiger partial charge in [-0.3, -0.25) is 4.79 Å². The third kappa shape index (κ3) is 6.33. The van der Waals surface area contributed by atoms with E-state index in [9.17, 15) is 18.0 Å². The second-order valence-electron chi connectivity index (χ2n) is 2.45. The summed E-state index contributed by atoms with van der Waals surface area (Å²) in [7, 11) is 0. The molecule has 0 aromatic carbocycles. The zero-order valence-electron chi connectivity index (χ0n) is 6.48. The number of nitrogens with one attached hydrogen (secondary N) is 1. The van der Waals surface area contributed by atoms with Crippen molar-refractivity contribution in [2.75, 3.05) is 5.75 Å². The van der Waals surface area contributed by atoms with Crippen LogP contribution in [0.15, 0.2) is 0 Å². The minimum Gasteiger partial charge on any atom is -0.353 e. The van der Waals surface area contributed by atoms with E-state index in [0.29, 0.717) is 0 Å². The quantitative estimate of drug-likeness (QED) is 0.663. The highest BCUT2D eigenvalue weighted by Crippen LogP contribution is 2.21. The lowest BCUT2D eigenvalue weighted by atomic mass is 10.2. The highest BCUT2D eigenvalue weighted by molar-refractivity contribution is 7.81. The first-order valence-electron chi connectivity index (χ1n) is 3.32. The predicted octanol–water partition coefficient (Wildman–Crippen LogP) is 1.37. The molecule has 0 bridgehead atoms. The molecule has 1 unspecified atom stereocenters. The average Bonchev–Trinajstić information content (AvgIpc) is 1.82. The van der Waals surface area contributed by atoms with Gasteiger partial charge < -0.3 is 5.32 Å². The minimum absolute atomic E-state index is 0.0950. The van der Waals surface area contributed by atoms with E-state index in [1.165, 1.54) is 6.92 Å². The number of hydrogen-bond donors (Lipinski definition) is 2. The normalized spacial score (nSPS) is 14.1. The Kier molecular flexibility index (Phi) is 4.44. The van der Waals surface area contributed by atoms with E-state index in [4.69, 9.17) is 0 Å². The van der Waals surface area contributed by atoms with E-state index in [1.807, 2.05) is 0 Å². The van der Waals surface area contributed by atoms with Crippen molar-refractivity contribution in [3.05, 3.63) is 0 Å². The number of alkyl halides is 3. The van der Waals surface area contributed by atoms with Crippen LogP contribution in [-0.4, -0.2) is 23.9 Å². The molecule has 72 valence electrons. The van der Waals surface area contributed by atoms with E-state index in [1.54, 1.807) is 0 Å². The third-order valence-electron chi connectivity index (χ3n) is 1.09. The molecule has 1 amide bonds. The van der Waals surface area contributed by atoms with Crippen molar-refractivity contribution in [1.29, 1.82) is 0 Å². The van der Waals surface area contributed by atoms with Crippen molar-refractivity contribution in [3.63, 3.8) is 0 Å². The van der Waals surface area contributed by atoms with Crippen molar-refractivity contribution < 1.29 is 18.0 Å². The smallest absolute Gasteiger partial charge is 0.353 e. The van der Waals surface area contributed by atoms with Gasteiger partial charge in [0.25, 0.3) is 0 Å². The van der Waals surface area contributed by atoms with Crippen molar-refractivity contribution >= 4 is 18.5 Å². The number of carbonyl (C=O) groups is 1. The maximum Gasteiger partial charge on any atom is 0.391 e. The van der Waals surface area contributed by atoms with Gasteiger partial charge in [-0.2, -0.15) is 25.8 Å². The molecule has 0 radical (unpaired) electrons. The van der Waals surface area contributed by atoms with Gasteiger partial charge in [-0.15, -0.1) is 0 Å². The highest BCUT2D eigenvalue weighted by atomic mass is 32.1. The lowest BCUT2D eigenvalue weighted by Gasteiger charge is -2.14. The predicted molar refractivity (Wildman–Crippen MR) is 42.1 cm³/mol. The molecule has 0 aliphatic heterocycles. The van der Waals surface area contributed by atoms with E-state index in [-0.39, 0.29) is 5.75 Å². The van der Waals surface area contributed by atoms with Gasteiger partial charge in [0.1, 0.15) is 0 Å². The van der Waals surface area contributed by atoms with Crippen molar-refractivity contribution in [3.8, 4) is 0 Å². The van der Waals surface area contributed by atoms with Crippen LogP contribution in [0.4, 0.5) is 13.2 Å². The summed E-state index contributed by atoms with van der Waals surface area (Å²) < 4.78 is 35.1. The van der Waals surface area contributed by atoms with Crippen molar-refractivity contribution in [2.45, 2.75) is 25.6 Å². The van der Waals surface area contributed by atoms with E-state index < -0.39 is 24.5 Å². The van der Waals surface area contributed by atoms with Crippen LogP contribution in [0, 0.1) is 0 Å². The van der Waals surface area contributed by atoms with Crippen LogP contribution < -0.4 is 5.32 Å². The molecule has 6 heteroatoms. The summed E-state index contributed by atoms with van der Waals surface area (Å²) >= 11 is 3.61. The van der Waals surface area contributed by atoms with Crippen molar-refractivity contribution in [2.24, 2.45) is 0 Å². The molecule has 1 atom stereocenters. The van der Waals surface area contributed by atoms with Crippen LogP contribution in [0.3, 0.4) is 0 Å². The Morgan fingerprint density at radius 2 is 2.08 bits per heavy atom. The molecule has 0 fully saturated rings. The number of rotatable bonds is 3. The first kappa shape index (κ1) is 11.6. The fraction of sp³-hybridized carbons (Fsp3) is 0.833. The fourth-order valence-electron chi connectivity index (χ4n) is 0.719. The Bertz CT molecular complexity index is 159. The minimum atomic E-state index is -4.23. The zero-order chi connectivity index (χ0) is 9.78. The highest BCUT2D eigenvalue weighted by Gasteiger charge is 2.30. The fourth-order valence-corrected chi connectivity index (χ4v) is 0.810. The van der Waals surface area contributed by atoms with Crippen molar-refractivity contribution in [1.82, 2.24) is 5.32 Å². The van der Waals surface area contributed by atoms with Crippen LogP contribution in [0.2, 0.25) is 0 Å². The second kappa shape index (κ2) is 4.59. The standard InChI is InChI=1S/C6H10F3NOS/c1-4(2-6(7,8)9)10-5(11)3-12/h4,12H,2-3H2,1H3,(H,10,11). The van der Waals surface area contributed by atoms with Gasteiger partial charge in [-0.1, -0.05) is 0 Å². The van der Waals surface area contributed by atoms with E-state index in [2.05, 4.69) is 17.9 Å². The summed E-state index contributed by atoms with van der Waals surface area (Å²) in [5, 5.41) is 2.15. The first-order valence-corrected chi connectivity index (χ1v) is 3.95. The van der Waals surface area contributed by atoms with Gasteiger partial charge in [-0.05, 0) is 6.92 Å². The van der Waals surface area contributed by atoms with Crippen LogP contribution in [0.5, 0.6) is 0 Å². The Balaban J connectivity index is 3.74. The summed E-state index contributed by atoms with van der Waals surface area (Å²) in [4.78, 5) is 10.6. The maximum absolute atomic E-state index is 11.7. The molecule has 1 N–H and O–H groups in total. The monoisotopic (exact) mass is 201 g/mol. The first-order chi connectivity index (χ1) is 5.35. The van der Waals surface area contributed by atoms with Gasteiger partial charge in [0.2, 0.25) is 5.91 Å². The van der Waals surface area contributed by atoms with Gasteiger partial charge >= 0.3 is 6.18 Å². The molecule has 0 saturated heterocycles.